The second-order valence-electron chi connectivity index (χ2n) is 4.35. The van der Waals surface area contributed by atoms with Gasteiger partial charge in [-0.2, -0.15) is 0 Å². The molecule has 0 spiro atoms. The van der Waals surface area contributed by atoms with Crippen molar-refractivity contribution in [3.8, 4) is 0 Å². The normalized spacial score (nSPS) is 32.1. The summed E-state index contributed by atoms with van der Waals surface area (Å²) in [6, 6.07) is 0. The van der Waals surface area contributed by atoms with Crippen LogP contribution in [-0.4, -0.2) is 24.4 Å². The first kappa shape index (κ1) is 11.7. The second kappa shape index (κ2) is 4.94. The van der Waals surface area contributed by atoms with Crippen LogP contribution in [0, 0.1) is 12.8 Å². The average Bonchev–Trinajstić information content (AvgIpc) is 2.34. The Kier molecular flexibility index (Phi) is 4.14. The van der Waals surface area contributed by atoms with Crippen molar-refractivity contribution >= 4 is 0 Å². The van der Waals surface area contributed by atoms with Gasteiger partial charge in [0.15, 0.2) is 0 Å². The molecule has 3 atom stereocenters. The van der Waals surface area contributed by atoms with Gasteiger partial charge in [-0.05, 0) is 34.6 Å². The first-order valence-corrected chi connectivity index (χ1v) is 5.33. The number of hydrogen-bond acceptors (Lipinski definition) is 2. The molecule has 0 heterocycles. The van der Waals surface area contributed by atoms with Crippen molar-refractivity contribution in [2.45, 2.75) is 52.1 Å². The van der Waals surface area contributed by atoms with Gasteiger partial charge in [-0.3, -0.25) is 0 Å². The zero-order chi connectivity index (χ0) is 10.7. The molecule has 81 valence electrons. The standard InChI is InChI=1S/C12H21O2/c1-8(2)13-11-7-6-10(5)12(11)14-9(3)4/h6-12H,5H2,1-4H3/t10-,11+,12-/m1/s1. The summed E-state index contributed by atoms with van der Waals surface area (Å²) in [4.78, 5) is 0. The van der Waals surface area contributed by atoms with Crippen LogP contribution in [0.4, 0.5) is 0 Å². The van der Waals surface area contributed by atoms with Crippen LogP contribution >= 0.6 is 0 Å². The third-order valence-electron chi connectivity index (χ3n) is 2.15. The highest BCUT2D eigenvalue weighted by molar-refractivity contribution is 5.10. The van der Waals surface area contributed by atoms with E-state index in [0.29, 0.717) is 0 Å². The Labute approximate surface area is 87.3 Å². The van der Waals surface area contributed by atoms with Gasteiger partial charge in [-0.25, -0.2) is 0 Å². The summed E-state index contributed by atoms with van der Waals surface area (Å²) in [5, 5.41) is 0. The van der Waals surface area contributed by atoms with Gasteiger partial charge in [0, 0.05) is 5.92 Å². The molecule has 0 saturated heterocycles. The molecule has 1 radical (unpaired) electrons. The predicted molar refractivity (Wildman–Crippen MR) is 58.0 cm³/mol. The molecule has 0 bridgehead atoms. The minimum atomic E-state index is 0.0694. The van der Waals surface area contributed by atoms with Crippen molar-refractivity contribution < 1.29 is 9.47 Å². The fourth-order valence-corrected chi connectivity index (χ4v) is 1.64. The highest BCUT2D eigenvalue weighted by atomic mass is 16.6. The van der Waals surface area contributed by atoms with Crippen LogP contribution in [0.15, 0.2) is 12.2 Å². The molecule has 0 aliphatic heterocycles. The van der Waals surface area contributed by atoms with E-state index in [0.717, 1.165) is 0 Å². The quantitative estimate of drug-likeness (QED) is 0.645. The highest BCUT2D eigenvalue weighted by Gasteiger charge is 2.31. The molecule has 0 unspecified atom stereocenters. The summed E-state index contributed by atoms with van der Waals surface area (Å²) in [6.45, 7) is 12.2. The van der Waals surface area contributed by atoms with E-state index >= 15 is 0 Å². The molecule has 2 heteroatoms. The van der Waals surface area contributed by atoms with Gasteiger partial charge < -0.3 is 9.47 Å². The Hall–Kier alpha value is -0.340. The zero-order valence-corrected chi connectivity index (χ0v) is 9.57. The Morgan fingerprint density at radius 2 is 1.57 bits per heavy atom. The van der Waals surface area contributed by atoms with Crippen molar-refractivity contribution in [3.63, 3.8) is 0 Å². The molecule has 1 rings (SSSR count). The van der Waals surface area contributed by atoms with Crippen LogP contribution in [0.2, 0.25) is 0 Å². The van der Waals surface area contributed by atoms with E-state index in [1.54, 1.807) is 0 Å². The van der Waals surface area contributed by atoms with Crippen molar-refractivity contribution in [2.75, 3.05) is 0 Å². The maximum Gasteiger partial charge on any atom is 0.103 e. The summed E-state index contributed by atoms with van der Waals surface area (Å²) < 4.78 is 11.5. The lowest BCUT2D eigenvalue weighted by Crippen LogP contribution is -2.34. The largest absolute Gasteiger partial charge is 0.372 e. The third-order valence-corrected chi connectivity index (χ3v) is 2.15. The Morgan fingerprint density at radius 3 is 2.07 bits per heavy atom. The Balaban J connectivity index is 2.52. The van der Waals surface area contributed by atoms with Crippen LogP contribution < -0.4 is 0 Å². The van der Waals surface area contributed by atoms with Gasteiger partial charge in [0.25, 0.3) is 0 Å². The van der Waals surface area contributed by atoms with Crippen LogP contribution in [0.3, 0.4) is 0 Å². The average molecular weight is 197 g/mol. The fourth-order valence-electron chi connectivity index (χ4n) is 1.64. The van der Waals surface area contributed by atoms with Gasteiger partial charge in [-0.15, -0.1) is 0 Å². The van der Waals surface area contributed by atoms with Gasteiger partial charge in [0.05, 0.1) is 18.3 Å². The molecule has 0 saturated carbocycles. The van der Waals surface area contributed by atoms with Gasteiger partial charge in [0.1, 0.15) is 6.10 Å². The maximum atomic E-state index is 5.79. The van der Waals surface area contributed by atoms with E-state index in [4.69, 9.17) is 9.47 Å². The van der Waals surface area contributed by atoms with E-state index in [1.807, 2.05) is 27.7 Å². The summed E-state index contributed by atoms with van der Waals surface area (Å²) in [7, 11) is 0. The number of rotatable bonds is 4. The molecule has 1 aliphatic carbocycles. The van der Waals surface area contributed by atoms with Crippen molar-refractivity contribution in [1.29, 1.82) is 0 Å². The SMILES string of the molecule is [CH2][C@@H]1C=C[C@H](OC(C)C)[C@@H]1OC(C)C. The molecular formula is C12H21O2. The molecule has 1 aliphatic rings. The van der Waals surface area contributed by atoms with Crippen molar-refractivity contribution in [1.82, 2.24) is 0 Å². The number of ether oxygens (including phenoxy) is 2. The summed E-state index contributed by atoms with van der Waals surface area (Å²) >= 11 is 0. The lowest BCUT2D eigenvalue weighted by Gasteiger charge is -2.27. The molecule has 14 heavy (non-hydrogen) atoms. The van der Waals surface area contributed by atoms with E-state index < -0.39 is 0 Å². The molecule has 0 aromatic heterocycles. The summed E-state index contributed by atoms with van der Waals surface area (Å²) in [5.74, 6) is 0.209. The molecule has 0 fully saturated rings. The van der Waals surface area contributed by atoms with E-state index in [2.05, 4.69) is 19.1 Å². The van der Waals surface area contributed by atoms with E-state index in [-0.39, 0.29) is 30.3 Å². The Bertz CT molecular complexity index is 196. The van der Waals surface area contributed by atoms with Crippen LogP contribution in [0.25, 0.3) is 0 Å². The lowest BCUT2D eigenvalue weighted by molar-refractivity contribution is -0.0930. The summed E-state index contributed by atoms with van der Waals surface area (Å²) in [5.41, 5.74) is 0. The second-order valence-corrected chi connectivity index (χ2v) is 4.35. The van der Waals surface area contributed by atoms with Crippen molar-refractivity contribution in [2.24, 2.45) is 5.92 Å². The van der Waals surface area contributed by atoms with Gasteiger partial charge in [0.2, 0.25) is 0 Å². The minimum absolute atomic E-state index is 0.0694. The van der Waals surface area contributed by atoms with Gasteiger partial charge in [-0.1, -0.05) is 12.2 Å². The van der Waals surface area contributed by atoms with Crippen LogP contribution in [-0.2, 0) is 9.47 Å². The van der Waals surface area contributed by atoms with Crippen LogP contribution in [0.5, 0.6) is 0 Å². The topological polar surface area (TPSA) is 18.5 Å². The Morgan fingerprint density at radius 1 is 1.00 bits per heavy atom. The first-order chi connectivity index (χ1) is 6.50. The van der Waals surface area contributed by atoms with Crippen LogP contribution in [0.1, 0.15) is 27.7 Å². The highest BCUT2D eigenvalue weighted by Crippen LogP contribution is 2.25. The molecule has 2 nitrogen and oxygen atoms in total. The van der Waals surface area contributed by atoms with E-state index in [9.17, 15) is 0 Å². The minimum Gasteiger partial charge on any atom is -0.372 e. The summed E-state index contributed by atoms with van der Waals surface area (Å²) in [6.07, 6.45) is 4.73. The molecule has 0 aromatic carbocycles. The fraction of sp³-hybridized carbons (Fsp3) is 0.750. The maximum absolute atomic E-state index is 5.79. The monoisotopic (exact) mass is 197 g/mol. The van der Waals surface area contributed by atoms with Crippen molar-refractivity contribution in [3.05, 3.63) is 19.1 Å². The molecule has 0 amide bonds. The first-order valence-electron chi connectivity index (χ1n) is 5.33. The number of hydrogen-bond donors (Lipinski definition) is 0. The third kappa shape index (κ3) is 3.10. The smallest absolute Gasteiger partial charge is 0.103 e. The molecule has 0 N–H and O–H groups in total. The molecule has 0 aromatic rings. The van der Waals surface area contributed by atoms with E-state index in [1.165, 1.54) is 0 Å². The lowest BCUT2D eigenvalue weighted by atomic mass is 10.1. The predicted octanol–water partition coefficient (Wildman–Crippen LogP) is 2.59. The van der Waals surface area contributed by atoms with Gasteiger partial charge >= 0.3 is 0 Å². The zero-order valence-electron chi connectivity index (χ0n) is 9.57. The molecular weight excluding hydrogens is 176 g/mol.